The van der Waals surface area contributed by atoms with Crippen molar-refractivity contribution in [2.24, 2.45) is 0 Å². The first-order valence-electron chi connectivity index (χ1n) is 5.96. The molecule has 2 heterocycles. The average molecular weight is 300 g/mol. The summed E-state index contributed by atoms with van der Waals surface area (Å²) >= 11 is 5.37. The van der Waals surface area contributed by atoms with Gasteiger partial charge in [-0.15, -0.1) is 43.1 Å². The molecule has 4 nitrogen and oxygen atoms in total. The maximum absolute atomic E-state index is 4.18. The Labute approximate surface area is 119 Å². The van der Waals surface area contributed by atoms with Crippen LogP contribution in [0.4, 0.5) is 0 Å². The van der Waals surface area contributed by atoms with Crippen molar-refractivity contribution in [1.82, 2.24) is 20.4 Å². The molecule has 7 heteroatoms. The number of hydrogen-bond acceptors (Lipinski definition) is 7. The standard InChI is InChI=1S/C11H16N4S3/c1-3-9-13-15-11(18-9)5-7-16-6-4-10-14-12-8(2)17-10/h3-7H2,1-2H3. The fourth-order valence-electron chi connectivity index (χ4n) is 1.39. The lowest BCUT2D eigenvalue weighted by Crippen LogP contribution is -1.92. The quantitative estimate of drug-likeness (QED) is 0.736. The summed E-state index contributed by atoms with van der Waals surface area (Å²) in [7, 11) is 0. The fraction of sp³-hybridized carbons (Fsp3) is 0.636. The third-order valence-electron chi connectivity index (χ3n) is 2.30. The SMILES string of the molecule is CCc1nnc(CCSCCc2nnc(C)s2)s1. The summed E-state index contributed by atoms with van der Waals surface area (Å²) in [5.41, 5.74) is 0. The molecule has 0 radical (unpaired) electrons. The smallest absolute Gasteiger partial charge is 0.118 e. The van der Waals surface area contributed by atoms with E-state index in [2.05, 4.69) is 27.3 Å². The number of aromatic nitrogens is 4. The van der Waals surface area contributed by atoms with Gasteiger partial charge >= 0.3 is 0 Å². The second kappa shape index (κ2) is 7.16. The Kier molecular flexibility index (Phi) is 5.52. The molecule has 0 aliphatic rings. The van der Waals surface area contributed by atoms with Gasteiger partial charge in [-0.2, -0.15) is 11.8 Å². The van der Waals surface area contributed by atoms with Gasteiger partial charge in [0.2, 0.25) is 0 Å². The lowest BCUT2D eigenvalue weighted by molar-refractivity contribution is 0.938. The van der Waals surface area contributed by atoms with E-state index >= 15 is 0 Å². The predicted molar refractivity (Wildman–Crippen MR) is 78.7 cm³/mol. The van der Waals surface area contributed by atoms with Crippen molar-refractivity contribution >= 4 is 34.4 Å². The van der Waals surface area contributed by atoms with Gasteiger partial charge in [-0.1, -0.05) is 6.92 Å². The first-order valence-corrected chi connectivity index (χ1v) is 8.74. The Bertz CT molecular complexity index is 480. The van der Waals surface area contributed by atoms with Crippen LogP contribution in [0.25, 0.3) is 0 Å². The van der Waals surface area contributed by atoms with Gasteiger partial charge in [0.15, 0.2) is 0 Å². The molecule has 2 aromatic heterocycles. The summed E-state index contributed by atoms with van der Waals surface area (Å²) in [6, 6.07) is 0. The Balaban J connectivity index is 1.61. The van der Waals surface area contributed by atoms with Crippen LogP contribution in [0.2, 0.25) is 0 Å². The van der Waals surface area contributed by atoms with Gasteiger partial charge in [0.05, 0.1) is 0 Å². The molecule has 2 rings (SSSR count). The first kappa shape index (κ1) is 13.9. The molecule has 0 unspecified atom stereocenters. The molecule has 0 spiro atoms. The van der Waals surface area contributed by atoms with E-state index in [1.165, 1.54) is 0 Å². The van der Waals surface area contributed by atoms with Crippen molar-refractivity contribution in [3.63, 3.8) is 0 Å². The zero-order chi connectivity index (χ0) is 12.8. The van der Waals surface area contributed by atoms with Crippen LogP contribution >= 0.6 is 34.4 Å². The van der Waals surface area contributed by atoms with Crippen LogP contribution < -0.4 is 0 Å². The highest BCUT2D eigenvalue weighted by atomic mass is 32.2. The van der Waals surface area contributed by atoms with Crippen molar-refractivity contribution in [2.45, 2.75) is 33.1 Å². The summed E-state index contributed by atoms with van der Waals surface area (Å²) < 4.78 is 0. The fourth-order valence-corrected chi connectivity index (χ4v) is 4.02. The molecule has 18 heavy (non-hydrogen) atoms. The highest BCUT2D eigenvalue weighted by Gasteiger charge is 2.03. The van der Waals surface area contributed by atoms with Crippen molar-refractivity contribution in [1.29, 1.82) is 0 Å². The van der Waals surface area contributed by atoms with Crippen LogP contribution in [0.15, 0.2) is 0 Å². The maximum Gasteiger partial charge on any atom is 0.118 e. The van der Waals surface area contributed by atoms with Crippen LogP contribution in [0, 0.1) is 6.92 Å². The Hall–Kier alpha value is -0.530. The van der Waals surface area contributed by atoms with Gasteiger partial charge in [0.1, 0.15) is 20.0 Å². The number of rotatable bonds is 7. The van der Waals surface area contributed by atoms with Gasteiger partial charge in [-0.3, -0.25) is 0 Å². The summed E-state index contributed by atoms with van der Waals surface area (Å²) in [6.45, 7) is 4.11. The third-order valence-corrected chi connectivity index (χ3v) is 5.31. The molecule has 0 atom stereocenters. The minimum atomic E-state index is 0.987. The molecule has 0 saturated heterocycles. The van der Waals surface area contributed by atoms with Crippen molar-refractivity contribution in [3.8, 4) is 0 Å². The Morgan fingerprint density at radius 1 is 0.889 bits per heavy atom. The Morgan fingerprint density at radius 3 is 2.06 bits per heavy atom. The number of nitrogens with zero attached hydrogens (tertiary/aromatic N) is 4. The monoisotopic (exact) mass is 300 g/mol. The first-order chi connectivity index (χ1) is 8.78. The van der Waals surface area contributed by atoms with Crippen molar-refractivity contribution in [2.75, 3.05) is 11.5 Å². The topological polar surface area (TPSA) is 51.6 Å². The summed E-state index contributed by atoms with van der Waals surface area (Å²) in [4.78, 5) is 0. The zero-order valence-corrected chi connectivity index (χ0v) is 13.0. The number of thioether (sulfide) groups is 1. The molecule has 0 amide bonds. The number of aryl methyl sites for hydroxylation is 4. The lowest BCUT2D eigenvalue weighted by Gasteiger charge is -1.97. The van der Waals surface area contributed by atoms with Crippen molar-refractivity contribution < 1.29 is 0 Å². The van der Waals surface area contributed by atoms with E-state index in [-0.39, 0.29) is 0 Å². The van der Waals surface area contributed by atoms with Crippen LogP contribution in [0.5, 0.6) is 0 Å². The van der Waals surface area contributed by atoms with E-state index in [1.807, 2.05) is 18.7 Å². The lowest BCUT2D eigenvalue weighted by atomic mass is 10.5. The van der Waals surface area contributed by atoms with Gasteiger partial charge in [0.25, 0.3) is 0 Å². The van der Waals surface area contributed by atoms with E-state index in [0.717, 1.165) is 50.8 Å². The van der Waals surface area contributed by atoms with E-state index in [1.54, 1.807) is 22.7 Å². The second-order valence-corrected chi connectivity index (χ2v) is 7.41. The third kappa shape index (κ3) is 4.29. The highest BCUT2D eigenvalue weighted by Crippen LogP contribution is 2.15. The molecule has 0 fully saturated rings. The minimum absolute atomic E-state index is 0.987. The van der Waals surface area contributed by atoms with Crippen LogP contribution in [-0.2, 0) is 19.3 Å². The average Bonchev–Trinajstić information content (AvgIpc) is 2.98. The molecule has 0 aromatic carbocycles. The van der Waals surface area contributed by atoms with Crippen LogP contribution in [0.3, 0.4) is 0 Å². The van der Waals surface area contributed by atoms with E-state index < -0.39 is 0 Å². The Morgan fingerprint density at radius 2 is 1.50 bits per heavy atom. The molecule has 0 aliphatic heterocycles. The molecule has 0 saturated carbocycles. The maximum atomic E-state index is 4.18. The predicted octanol–water partition coefficient (Wildman–Crippen LogP) is 2.78. The normalized spacial score (nSPS) is 11.0. The van der Waals surface area contributed by atoms with Gasteiger partial charge in [0, 0.05) is 12.8 Å². The van der Waals surface area contributed by atoms with E-state index in [0.29, 0.717) is 0 Å². The molecular formula is C11H16N4S3. The minimum Gasteiger partial charge on any atom is -0.161 e. The van der Waals surface area contributed by atoms with Crippen LogP contribution in [-0.4, -0.2) is 31.9 Å². The summed E-state index contributed by atoms with van der Waals surface area (Å²) in [5.74, 6) is 2.21. The van der Waals surface area contributed by atoms with Gasteiger partial charge in [-0.25, -0.2) is 0 Å². The zero-order valence-electron chi connectivity index (χ0n) is 10.5. The molecule has 2 aromatic rings. The largest absolute Gasteiger partial charge is 0.161 e. The molecule has 0 bridgehead atoms. The van der Waals surface area contributed by atoms with E-state index in [4.69, 9.17) is 0 Å². The summed E-state index contributed by atoms with van der Waals surface area (Å²) in [6.07, 6.45) is 3.03. The van der Waals surface area contributed by atoms with Crippen LogP contribution in [0.1, 0.15) is 27.0 Å². The van der Waals surface area contributed by atoms with Gasteiger partial charge in [-0.05, 0) is 24.9 Å². The van der Waals surface area contributed by atoms with Gasteiger partial charge < -0.3 is 0 Å². The van der Waals surface area contributed by atoms with Crippen molar-refractivity contribution in [3.05, 3.63) is 20.0 Å². The van der Waals surface area contributed by atoms with E-state index in [9.17, 15) is 0 Å². The molecule has 0 N–H and O–H groups in total. The second-order valence-electron chi connectivity index (χ2n) is 3.77. The molecule has 0 aliphatic carbocycles. The highest BCUT2D eigenvalue weighted by molar-refractivity contribution is 7.99. The molecule has 98 valence electrons. The molecular weight excluding hydrogens is 284 g/mol. The number of hydrogen-bond donors (Lipinski definition) is 0. The summed E-state index contributed by atoms with van der Waals surface area (Å²) in [5, 5.41) is 20.9.